The minimum atomic E-state index is -0.340. The lowest BCUT2D eigenvalue weighted by Crippen LogP contribution is -2.45. The van der Waals surface area contributed by atoms with Crippen molar-refractivity contribution in [3.05, 3.63) is 70.3 Å². The number of hydrogen-bond donors (Lipinski definition) is 1. The Balaban J connectivity index is 1.90. The van der Waals surface area contributed by atoms with Crippen LogP contribution in [-0.2, 0) is 5.88 Å². The number of pyridine rings is 1. The summed E-state index contributed by atoms with van der Waals surface area (Å²) >= 11 is 9.34. The fourth-order valence-electron chi connectivity index (χ4n) is 2.89. The molecular formula is C22H20BrClN6O. The molecule has 0 radical (unpaired) electrons. The van der Waals surface area contributed by atoms with Crippen molar-refractivity contribution >= 4 is 39.3 Å². The van der Waals surface area contributed by atoms with Gasteiger partial charge in [0, 0.05) is 36.6 Å². The fourth-order valence-corrected chi connectivity index (χ4v) is 3.47. The number of hydrazine groups is 1. The average Bonchev–Trinajstić information content (AvgIpc) is 2.78. The standard InChI is InChI=1S/C22H20BrClN6O/c1-14(2)13-30(21-19(23)12-27-20(9-25)28-21)29-22(31)18-7-17(10-26-11-18)16-5-3-4-15(6-16)8-24/h3-7,10-12,14H,8,13H2,1-2H3,(H,29,31). The number of carbonyl (C=O) groups excluding carboxylic acids is 1. The molecule has 0 bridgehead atoms. The monoisotopic (exact) mass is 498 g/mol. The summed E-state index contributed by atoms with van der Waals surface area (Å²) < 4.78 is 0.567. The van der Waals surface area contributed by atoms with Gasteiger partial charge >= 0.3 is 0 Å². The molecule has 2 aromatic heterocycles. The van der Waals surface area contributed by atoms with Crippen molar-refractivity contribution in [1.82, 2.24) is 20.4 Å². The number of nitriles is 1. The van der Waals surface area contributed by atoms with Crippen LogP contribution in [-0.4, -0.2) is 27.4 Å². The van der Waals surface area contributed by atoms with Crippen LogP contribution in [0.1, 0.15) is 35.6 Å². The first-order valence-electron chi connectivity index (χ1n) is 9.52. The molecule has 158 valence electrons. The molecule has 3 rings (SSSR count). The number of amides is 1. The lowest BCUT2D eigenvalue weighted by molar-refractivity contribution is 0.0947. The van der Waals surface area contributed by atoms with Crippen LogP contribution >= 0.6 is 27.5 Å². The summed E-state index contributed by atoms with van der Waals surface area (Å²) in [4.78, 5) is 25.5. The Morgan fingerprint density at radius 2 is 2.06 bits per heavy atom. The van der Waals surface area contributed by atoms with Crippen LogP contribution in [0.3, 0.4) is 0 Å². The summed E-state index contributed by atoms with van der Waals surface area (Å²) in [6.45, 7) is 4.52. The van der Waals surface area contributed by atoms with Gasteiger partial charge < -0.3 is 0 Å². The topological polar surface area (TPSA) is 94.8 Å². The molecule has 0 spiro atoms. The molecule has 0 saturated heterocycles. The van der Waals surface area contributed by atoms with Crippen LogP contribution in [0.2, 0.25) is 0 Å². The number of halogens is 2. The van der Waals surface area contributed by atoms with E-state index in [0.29, 0.717) is 28.3 Å². The van der Waals surface area contributed by atoms with Crippen molar-refractivity contribution in [3.8, 4) is 17.2 Å². The Morgan fingerprint density at radius 3 is 2.77 bits per heavy atom. The number of rotatable bonds is 7. The number of carbonyl (C=O) groups is 1. The van der Waals surface area contributed by atoms with Crippen LogP contribution in [0, 0.1) is 17.2 Å². The highest BCUT2D eigenvalue weighted by atomic mass is 79.9. The van der Waals surface area contributed by atoms with E-state index in [2.05, 4.69) is 36.3 Å². The molecule has 0 unspecified atom stereocenters. The zero-order chi connectivity index (χ0) is 22.4. The number of nitrogens with zero attached hydrogens (tertiary/aromatic N) is 5. The molecule has 3 aromatic rings. The molecule has 31 heavy (non-hydrogen) atoms. The van der Waals surface area contributed by atoms with Gasteiger partial charge in [-0.25, -0.2) is 4.98 Å². The van der Waals surface area contributed by atoms with Crippen molar-refractivity contribution in [2.75, 3.05) is 11.6 Å². The van der Waals surface area contributed by atoms with E-state index in [1.807, 2.05) is 44.2 Å². The van der Waals surface area contributed by atoms with Gasteiger partial charge in [0.15, 0.2) is 5.82 Å². The summed E-state index contributed by atoms with van der Waals surface area (Å²) in [7, 11) is 0. The van der Waals surface area contributed by atoms with Gasteiger partial charge in [-0.05, 0) is 45.1 Å². The van der Waals surface area contributed by atoms with E-state index >= 15 is 0 Å². The van der Waals surface area contributed by atoms with Crippen molar-refractivity contribution in [2.45, 2.75) is 19.7 Å². The molecule has 0 aliphatic carbocycles. The predicted molar refractivity (Wildman–Crippen MR) is 123 cm³/mol. The zero-order valence-electron chi connectivity index (χ0n) is 17.0. The van der Waals surface area contributed by atoms with Crippen molar-refractivity contribution < 1.29 is 4.79 Å². The molecule has 0 aliphatic rings. The molecule has 0 fully saturated rings. The number of alkyl halides is 1. The van der Waals surface area contributed by atoms with Crippen molar-refractivity contribution in [3.63, 3.8) is 0 Å². The normalized spacial score (nSPS) is 10.6. The van der Waals surface area contributed by atoms with E-state index in [9.17, 15) is 4.79 Å². The Labute approximate surface area is 194 Å². The largest absolute Gasteiger partial charge is 0.271 e. The van der Waals surface area contributed by atoms with E-state index in [1.165, 1.54) is 12.4 Å². The highest BCUT2D eigenvalue weighted by Crippen LogP contribution is 2.24. The molecule has 1 aromatic carbocycles. The summed E-state index contributed by atoms with van der Waals surface area (Å²) in [5, 5.41) is 10.8. The first kappa shape index (κ1) is 22.7. The van der Waals surface area contributed by atoms with Gasteiger partial charge in [-0.2, -0.15) is 10.2 Å². The van der Waals surface area contributed by atoms with Gasteiger partial charge in [0.25, 0.3) is 5.91 Å². The molecule has 0 atom stereocenters. The second-order valence-electron chi connectivity index (χ2n) is 7.22. The summed E-state index contributed by atoms with van der Waals surface area (Å²) in [5.74, 6) is 0.712. The van der Waals surface area contributed by atoms with Gasteiger partial charge in [0.1, 0.15) is 6.07 Å². The maximum atomic E-state index is 13.0. The second-order valence-corrected chi connectivity index (χ2v) is 8.34. The summed E-state index contributed by atoms with van der Waals surface area (Å²) in [6.07, 6.45) is 4.70. The van der Waals surface area contributed by atoms with Crippen LogP contribution in [0.25, 0.3) is 11.1 Å². The maximum absolute atomic E-state index is 13.0. The molecule has 2 heterocycles. The number of hydrogen-bond acceptors (Lipinski definition) is 6. The molecule has 0 saturated carbocycles. The second kappa shape index (κ2) is 10.3. The number of anilines is 1. The number of benzene rings is 1. The minimum absolute atomic E-state index is 0.0176. The highest BCUT2D eigenvalue weighted by molar-refractivity contribution is 9.10. The molecule has 1 N–H and O–H groups in total. The third-order valence-electron chi connectivity index (χ3n) is 4.28. The third-order valence-corrected chi connectivity index (χ3v) is 5.15. The maximum Gasteiger partial charge on any atom is 0.271 e. The molecule has 1 amide bonds. The lowest BCUT2D eigenvalue weighted by atomic mass is 10.0. The Kier molecular flexibility index (Phi) is 7.55. The van der Waals surface area contributed by atoms with Crippen LogP contribution in [0.4, 0.5) is 5.82 Å². The smallest absolute Gasteiger partial charge is 0.267 e. The van der Waals surface area contributed by atoms with E-state index < -0.39 is 0 Å². The predicted octanol–water partition coefficient (Wildman–Crippen LogP) is 4.72. The van der Waals surface area contributed by atoms with E-state index in [-0.39, 0.29) is 17.6 Å². The van der Waals surface area contributed by atoms with Gasteiger partial charge in [-0.1, -0.05) is 32.0 Å². The summed E-state index contributed by atoms with van der Waals surface area (Å²) in [6, 6.07) is 11.5. The van der Waals surface area contributed by atoms with Gasteiger partial charge in [0.05, 0.1) is 10.0 Å². The van der Waals surface area contributed by atoms with E-state index in [1.54, 1.807) is 17.3 Å². The van der Waals surface area contributed by atoms with E-state index in [0.717, 1.165) is 16.7 Å². The average molecular weight is 500 g/mol. The molecule has 9 heteroatoms. The first-order chi connectivity index (χ1) is 14.9. The van der Waals surface area contributed by atoms with Crippen molar-refractivity contribution in [2.24, 2.45) is 5.92 Å². The van der Waals surface area contributed by atoms with Crippen LogP contribution in [0.5, 0.6) is 0 Å². The SMILES string of the molecule is CC(C)CN(NC(=O)c1cncc(-c2cccc(CCl)c2)c1)c1nc(C#N)ncc1Br. The van der Waals surface area contributed by atoms with Crippen LogP contribution in [0.15, 0.2) is 53.4 Å². The lowest BCUT2D eigenvalue weighted by Gasteiger charge is -2.26. The first-order valence-corrected chi connectivity index (χ1v) is 10.9. The Morgan fingerprint density at radius 1 is 1.26 bits per heavy atom. The fraction of sp³-hybridized carbons (Fsp3) is 0.227. The Hall–Kier alpha value is -3.02. The number of aromatic nitrogens is 3. The Bertz CT molecular complexity index is 1130. The molecular weight excluding hydrogens is 480 g/mol. The zero-order valence-corrected chi connectivity index (χ0v) is 19.4. The third kappa shape index (κ3) is 5.78. The minimum Gasteiger partial charge on any atom is -0.267 e. The highest BCUT2D eigenvalue weighted by Gasteiger charge is 2.19. The van der Waals surface area contributed by atoms with Crippen molar-refractivity contribution in [1.29, 1.82) is 5.26 Å². The molecule has 0 aliphatic heterocycles. The molecule has 7 nitrogen and oxygen atoms in total. The van der Waals surface area contributed by atoms with Gasteiger partial charge in [0.2, 0.25) is 5.82 Å². The van der Waals surface area contributed by atoms with E-state index in [4.69, 9.17) is 16.9 Å². The number of nitrogens with one attached hydrogen (secondary N) is 1. The summed E-state index contributed by atoms with van der Waals surface area (Å²) in [5.41, 5.74) is 6.00. The van der Waals surface area contributed by atoms with Gasteiger partial charge in [-0.3, -0.25) is 20.2 Å². The quantitative estimate of drug-likeness (QED) is 0.373. The van der Waals surface area contributed by atoms with Gasteiger partial charge in [-0.15, -0.1) is 11.6 Å². The van der Waals surface area contributed by atoms with Crippen LogP contribution < -0.4 is 10.4 Å².